The Kier molecular flexibility index (Phi) is 4.75. The molecule has 0 aliphatic carbocycles. The predicted octanol–water partition coefficient (Wildman–Crippen LogP) is 1.34. The van der Waals surface area contributed by atoms with Crippen LogP contribution in [0.2, 0.25) is 0 Å². The molecule has 1 aliphatic heterocycles. The van der Waals surface area contributed by atoms with Crippen molar-refractivity contribution in [3.05, 3.63) is 12.4 Å². The van der Waals surface area contributed by atoms with E-state index < -0.39 is 0 Å². The van der Waals surface area contributed by atoms with Crippen molar-refractivity contribution in [2.24, 2.45) is 5.92 Å². The molecule has 1 aromatic heterocycles. The van der Waals surface area contributed by atoms with Crippen molar-refractivity contribution in [1.29, 1.82) is 0 Å². The molecule has 2 rings (SSSR count). The zero-order valence-electron chi connectivity index (χ0n) is 11.3. The molecule has 0 saturated carbocycles. The Hall–Kier alpha value is -1.36. The van der Waals surface area contributed by atoms with Crippen molar-refractivity contribution in [2.75, 3.05) is 42.9 Å². The summed E-state index contributed by atoms with van der Waals surface area (Å²) in [6.07, 6.45) is 2.81. The van der Waals surface area contributed by atoms with E-state index in [0.717, 1.165) is 50.8 Å². The van der Waals surface area contributed by atoms with E-state index in [0.29, 0.717) is 5.92 Å². The van der Waals surface area contributed by atoms with E-state index in [1.54, 1.807) is 6.33 Å². The summed E-state index contributed by atoms with van der Waals surface area (Å²) in [7, 11) is 0. The van der Waals surface area contributed by atoms with Gasteiger partial charge in [0.15, 0.2) is 0 Å². The average Bonchev–Trinajstić information content (AvgIpc) is 2.40. The van der Waals surface area contributed by atoms with E-state index in [1.165, 1.54) is 0 Å². The van der Waals surface area contributed by atoms with Gasteiger partial charge in [0.2, 0.25) is 0 Å². The highest BCUT2D eigenvalue weighted by atomic mass is 15.2. The molecule has 0 spiro atoms. The smallest absolute Gasteiger partial charge is 0.134 e. The maximum atomic E-state index is 4.35. The van der Waals surface area contributed by atoms with E-state index in [1.807, 2.05) is 6.07 Å². The number of hydrogen-bond donors (Lipinski definition) is 2. The van der Waals surface area contributed by atoms with E-state index >= 15 is 0 Å². The van der Waals surface area contributed by atoms with Crippen LogP contribution in [0.25, 0.3) is 0 Å². The van der Waals surface area contributed by atoms with Crippen LogP contribution in [-0.2, 0) is 0 Å². The molecule has 2 heterocycles. The lowest BCUT2D eigenvalue weighted by atomic mass is 10.1. The molecule has 0 bridgehead atoms. The van der Waals surface area contributed by atoms with Crippen LogP contribution in [0.1, 0.15) is 20.3 Å². The highest BCUT2D eigenvalue weighted by Crippen LogP contribution is 2.14. The van der Waals surface area contributed by atoms with Crippen LogP contribution in [0, 0.1) is 5.92 Å². The fraction of sp³-hybridized carbons (Fsp3) is 0.692. The third-order valence-corrected chi connectivity index (χ3v) is 3.12. The third kappa shape index (κ3) is 3.84. The molecule has 0 radical (unpaired) electrons. The third-order valence-electron chi connectivity index (χ3n) is 3.12. The van der Waals surface area contributed by atoms with Crippen molar-refractivity contribution in [3.8, 4) is 0 Å². The highest BCUT2D eigenvalue weighted by Gasteiger charge is 2.12. The second kappa shape index (κ2) is 6.54. The standard InChI is InChI=1S/C13H23N5/c1-11(2)3-4-15-12-9-13(17-10-16-12)18-7-5-14-6-8-18/h9-11,14H,3-8H2,1-2H3,(H,15,16,17). The van der Waals surface area contributed by atoms with E-state index in [9.17, 15) is 0 Å². The normalized spacial score (nSPS) is 16.1. The van der Waals surface area contributed by atoms with Gasteiger partial charge in [-0.3, -0.25) is 0 Å². The van der Waals surface area contributed by atoms with Gasteiger partial charge in [0.25, 0.3) is 0 Å². The first kappa shape index (κ1) is 13.1. The lowest BCUT2D eigenvalue weighted by Gasteiger charge is -2.28. The number of aromatic nitrogens is 2. The molecule has 100 valence electrons. The summed E-state index contributed by atoms with van der Waals surface area (Å²) in [4.78, 5) is 10.9. The predicted molar refractivity (Wildman–Crippen MR) is 75.1 cm³/mol. The Bertz CT molecular complexity index is 360. The quantitative estimate of drug-likeness (QED) is 0.825. The number of hydrogen-bond acceptors (Lipinski definition) is 5. The molecule has 0 atom stereocenters. The minimum absolute atomic E-state index is 0.715. The van der Waals surface area contributed by atoms with Gasteiger partial charge in [0, 0.05) is 38.8 Å². The number of nitrogens with one attached hydrogen (secondary N) is 2. The molecule has 0 aromatic carbocycles. The van der Waals surface area contributed by atoms with Gasteiger partial charge in [-0.25, -0.2) is 9.97 Å². The van der Waals surface area contributed by atoms with Gasteiger partial charge >= 0.3 is 0 Å². The second-order valence-electron chi connectivity index (χ2n) is 5.11. The minimum atomic E-state index is 0.715. The van der Waals surface area contributed by atoms with Crippen molar-refractivity contribution in [1.82, 2.24) is 15.3 Å². The summed E-state index contributed by atoms with van der Waals surface area (Å²) >= 11 is 0. The maximum absolute atomic E-state index is 4.35. The first-order valence-corrected chi connectivity index (χ1v) is 6.77. The van der Waals surface area contributed by atoms with Gasteiger partial charge in [-0.05, 0) is 12.3 Å². The fourth-order valence-corrected chi connectivity index (χ4v) is 2.00. The van der Waals surface area contributed by atoms with E-state index in [4.69, 9.17) is 0 Å². The molecule has 1 saturated heterocycles. The van der Waals surface area contributed by atoms with Gasteiger partial charge < -0.3 is 15.5 Å². The zero-order chi connectivity index (χ0) is 12.8. The molecule has 2 N–H and O–H groups in total. The summed E-state index contributed by atoms with van der Waals surface area (Å²) < 4.78 is 0. The Morgan fingerprint density at radius 3 is 2.83 bits per heavy atom. The number of rotatable bonds is 5. The first-order chi connectivity index (χ1) is 8.75. The van der Waals surface area contributed by atoms with E-state index in [-0.39, 0.29) is 0 Å². The molecule has 1 fully saturated rings. The maximum Gasteiger partial charge on any atom is 0.134 e. The van der Waals surface area contributed by atoms with Gasteiger partial charge in [0.1, 0.15) is 18.0 Å². The van der Waals surface area contributed by atoms with Gasteiger partial charge in [-0.2, -0.15) is 0 Å². The molecule has 5 heteroatoms. The van der Waals surface area contributed by atoms with Crippen LogP contribution in [0.5, 0.6) is 0 Å². The molecule has 1 aliphatic rings. The highest BCUT2D eigenvalue weighted by molar-refractivity contribution is 5.48. The summed E-state index contributed by atoms with van der Waals surface area (Å²) in [5, 5.41) is 6.71. The summed E-state index contributed by atoms with van der Waals surface area (Å²) in [6, 6.07) is 2.05. The van der Waals surface area contributed by atoms with Gasteiger partial charge in [0.05, 0.1) is 0 Å². The summed E-state index contributed by atoms with van der Waals surface area (Å²) in [5.41, 5.74) is 0. The summed E-state index contributed by atoms with van der Waals surface area (Å²) in [5.74, 6) is 2.67. The van der Waals surface area contributed by atoms with Crippen molar-refractivity contribution in [2.45, 2.75) is 20.3 Å². The molecule has 18 heavy (non-hydrogen) atoms. The van der Waals surface area contributed by atoms with Crippen LogP contribution in [0.15, 0.2) is 12.4 Å². The Labute approximate surface area is 109 Å². The molecular formula is C13H23N5. The first-order valence-electron chi connectivity index (χ1n) is 6.77. The van der Waals surface area contributed by atoms with Crippen LogP contribution in [0.4, 0.5) is 11.6 Å². The number of nitrogens with zero attached hydrogens (tertiary/aromatic N) is 3. The van der Waals surface area contributed by atoms with E-state index in [2.05, 4.69) is 39.3 Å². The van der Waals surface area contributed by atoms with Crippen molar-refractivity contribution >= 4 is 11.6 Å². The van der Waals surface area contributed by atoms with Gasteiger partial charge in [-0.1, -0.05) is 13.8 Å². The molecule has 0 amide bonds. The van der Waals surface area contributed by atoms with Crippen LogP contribution >= 0.6 is 0 Å². The minimum Gasteiger partial charge on any atom is -0.370 e. The Morgan fingerprint density at radius 2 is 2.11 bits per heavy atom. The lowest BCUT2D eigenvalue weighted by molar-refractivity contribution is 0.584. The topological polar surface area (TPSA) is 53.1 Å². The largest absolute Gasteiger partial charge is 0.370 e. The number of piperazine rings is 1. The molecule has 5 nitrogen and oxygen atoms in total. The van der Waals surface area contributed by atoms with Crippen molar-refractivity contribution < 1.29 is 0 Å². The average molecular weight is 249 g/mol. The fourth-order valence-electron chi connectivity index (χ4n) is 2.00. The van der Waals surface area contributed by atoms with Gasteiger partial charge in [-0.15, -0.1) is 0 Å². The zero-order valence-corrected chi connectivity index (χ0v) is 11.3. The second-order valence-corrected chi connectivity index (χ2v) is 5.11. The molecule has 0 unspecified atom stereocenters. The molecular weight excluding hydrogens is 226 g/mol. The monoisotopic (exact) mass is 249 g/mol. The van der Waals surface area contributed by atoms with Crippen LogP contribution in [0.3, 0.4) is 0 Å². The van der Waals surface area contributed by atoms with Crippen LogP contribution < -0.4 is 15.5 Å². The Morgan fingerprint density at radius 1 is 1.33 bits per heavy atom. The number of anilines is 2. The van der Waals surface area contributed by atoms with Crippen LogP contribution in [-0.4, -0.2) is 42.7 Å². The lowest BCUT2D eigenvalue weighted by Crippen LogP contribution is -2.43. The van der Waals surface area contributed by atoms with Crippen molar-refractivity contribution in [3.63, 3.8) is 0 Å². The molecule has 1 aromatic rings. The summed E-state index contributed by atoms with van der Waals surface area (Å²) in [6.45, 7) is 9.52. The SMILES string of the molecule is CC(C)CCNc1cc(N2CCNCC2)ncn1. The Balaban J connectivity index is 1.91.